The highest BCUT2D eigenvalue weighted by atomic mass is 16.6. The Hall–Kier alpha value is -2.15. The first-order valence-corrected chi connectivity index (χ1v) is 8.41. The number of ether oxygens (including phenoxy) is 2. The second-order valence-electron chi connectivity index (χ2n) is 7.24. The summed E-state index contributed by atoms with van der Waals surface area (Å²) in [7, 11) is 1.36. The average molecular weight is 349 g/mol. The van der Waals surface area contributed by atoms with Crippen molar-refractivity contribution in [3.63, 3.8) is 0 Å². The number of piperazine rings is 1. The molecule has 1 aromatic rings. The first-order valence-electron chi connectivity index (χ1n) is 8.41. The molecule has 2 heterocycles. The highest BCUT2D eigenvalue weighted by Gasteiger charge is 2.36. The lowest BCUT2D eigenvalue weighted by Gasteiger charge is -2.40. The number of carbonyl (C=O) groups is 2. The van der Waals surface area contributed by atoms with Gasteiger partial charge in [-0.05, 0) is 39.3 Å². The van der Waals surface area contributed by atoms with Crippen molar-refractivity contribution in [3.05, 3.63) is 29.6 Å². The van der Waals surface area contributed by atoms with Crippen LogP contribution in [0, 0.1) is 6.92 Å². The molecule has 138 valence electrons. The van der Waals surface area contributed by atoms with Gasteiger partial charge in [0.15, 0.2) is 0 Å². The molecular weight excluding hydrogens is 322 g/mol. The molecule has 0 bridgehead atoms. The summed E-state index contributed by atoms with van der Waals surface area (Å²) in [4.78, 5) is 32.4. The zero-order chi connectivity index (χ0) is 18.6. The van der Waals surface area contributed by atoms with Crippen LogP contribution in [0.1, 0.15) is 32.0 Å². The summed E-state index contributed by atoms with van der Waals surface area (Å²) in [5, 5.41) is 0. The zero-order valence-electron chi connectivity index (χ0n) is 15.6. The second-order valence-corrected chi connectivity index (χ2v) is 7.24. The van der Waals surface area contributed by atoms with Gasteiger partial charge in [-0.25, -0.2) is 4.79 Å². The zero-order valence-corrected chi connectivity index (χ0v) is 15.6. The SMILES string of the molecule is COC(=O)[C@@H]1CN(C(=O)OC(C)(C)C)CCN1Cc1ccc(C)nc1. The van der Waals surface area contributed by atoms with Gasteiger partial charge >= 0.3 is 12.1 Å². The van der Waals surface area contributed by atoms with E-state index in [0.717, 1.165) is 11.3 Å². The van der Waals surface area contributed by atoms with Gasteiger partial charge < -0.3 is 14.4 Å². The number of esters is 1. The Morgan fingerprint density at radius 2 is 2.00 bits per heavy atom. The van der Waals surface area contributed by atoms with Crippen molar-refractivity contribution in [2.45, 2.75) is 45.9 Å². The number of carbonyl (C=O) groups excluding carboxylic acids is 2. The van der Waals surface area contributed by atoms with Crippen LogP contribution in [-0.2, 0) is 20.8 Å². The topological polar surface area (TPSA) is 72.0 Å². The Morgan fingerprint density at radius 1 is 1.28 bits per heavy atom. The Balaban J connectivity index is 2.08. The minimum atomic E-state index is -0.567. The summed E-state index contributed by atoms with van der Waals surface area (Å²) in [6.45, 7) is 9.29. The third-order valence-electron chi connectivity index (χ3n) is 3.97. The highest BCUT2D eigenvalue weighted by molar-refractivity contribution is 5.77. The summed E-state index contributed by atoms with van der Waals surface area (Å²) in [6.07, 6.45) is 1.40. The Kier molecular flexibility index (Phi) is 6.00. The third-order valence-corrected chi connectivity index (χ3v) is 3.97. The quantitative estimate of drug-likeness (QED) is 0.777. The number of pyridine rings is 1. The summed E-state index contributed by atoms with van der Waals surface area (Å²) < 4.78 is 10.3. The molecule has 0 aromatic carbocycles. The molecule has 0 radical (unpaired) electrons. The summed E-state index contributed by atoms with van der Waals surface area (Å²) in [5.41, 5.74) is 1.40. The van der Waals surface area contributed by atoms with Crippen molar-refractivity contribution in [1.29, 1.82) is 0 Å². The standard InChI is InChI=1S/C18H27N3O4/c1-13-6-7-14(10-19-13)11-20-8-9-21(12-15(20)16(22)24-5)17(23)25-18(2,3)4/h6-7,10,15H,8-9,11-12H2,1-5H3/t15-/m0/s1. The average Bonchev–Trinajstić information content (AvgIpc) is 2.55. The van der Waals surface area contributed by atoms with Gasteiger partial charge in [0.25, 0.3) is 0 Å². The minimum absolute atomic E-state index is 0.251. The lowest BCUT2D eigenvalue weighted by Crippen LogP contribution is -2.58. The Bertz CT molecular complexity index is 610. The molecule has 1 saturated heterocycles. The number of methoxy groups -OCH3 is 1. The van der Waals surface area contributed by atoms with Crippen molar-refractivity contribution < 1.29 is 19.1 Å². The molecule has 0 N–H and O–H groups in total. The molecule has 1 fully saturated rings. The number of aromatic nitrogens is 1. The molecule has 1 aromatic heterocycles. The fraction of sp³-hybridized carbons (Fsp3) is 0.611. The van der Waals surface area contributed by atoms with Crippen molar-refractivity contribution in [3.8, 4) is 0 Å². The van der Waals surface area contributed by atoms with E-state index < -0.39 is 17.7 Å². The molecule has 7 nitrogen and oxygen atoms in total. The van der Waals surface area contributed by atoms with E-state index in [1.807, 2.05) is 50.9 Å². The van der Waals surface area contributed by atoms with Crippen LogP contribution in [0.15, 0.2) is 18.3 Å². The van der Waals surface area contributed by atoms with Gasteiger partial charge in [-0.3, -0.25) is 14.7 Å². The summed E-state index contributed by atoms with van der Waals surface area (Å²) in [5.74, 6) is -0.353. The van der Waals surface area contributed by atoms with Gasteiger partial charge in [0.1, 0.15) is 11.6 Å². The molecule has 2 rings (SSSR count). The second kappa shape index (κ2) is 7.82. The molecule has 1 aliphatic heterocycles. The van der Waals surface area contributed by atoms with E-state index >= 15 is 0 Å². The van der Waals surface area contributed by atoms with E-state index in [0.29, 0.717) is 19.6 Å². The van der Waals surface area contributed by atoms with Crippen molar-refractivity contribution >= 4 is 12.1 Å². The van der Waals surface area contributed by atoms with Crippen molar-refractivity contribution in [1.82, 2.24) is 14.8 Å². The Morgan fingerprint density at radius 3 is 2.56 bits per heavy atom. The van der Waals surface area contributed by atoms with Crippen LogP contribution in [0.5, 0.6) is 0 Å². The molecule has 7 heteroatoms. The van der Waals surface area contributed by atoms with Crippen LogP contribution in [0.25, 0.3) is 0 Å². The molecule has 1 aliphatic rings. The van der Waals surface area contributed by atoms with E-state index in [1.165, 1.54) is 7.11 Å². The number of hydrogen-bond acceptors (Lipinski definition) is 6. The Labute approximate surface area is 148 Å². The van der Waals surface area contributed by atoms with E-state index in [-0.39, 0.29) is 12.5 Å². The monoisotopic (exact) mass is 349 g/mol. The molecule has 25 heavy (non-hydrogen) atoms. The van der Waals surface area contributed by atoms with Gasteiger partial charge in [-0.15, -0.1) is 0 Å². The predicted octanol–water partition coefficient (Wildman–Crippen LogP) is 1.98. The number of rotatable bonds is 3. The van der Waals surface area contributed by atoms with Crippen molar-refractivity contribution in [2.24, 2.45) is 0 Å². The molecule has 0 spiro atoms. The minimum Gasteiger partial charge on any atom is -0.468 e. The number of hydrogen-bond donors (Lipinski definition) is 0. The van der Waals surface area contributed by atoms with Gasteiger partial charge in [0.05, 0.1) is 13.7 Å². The summed E-state index contributed by atoms with van der Waals surface area (Å²) in [6, 6.07) is 3.42. The fourth-order valence-corrected chi connectivity index (χ4v) is 2.69. The van der Waals surface area contributed by atoms with Crippen molar-refractivity contribution in [2.75, 3.05) is 26.7 Å². The molecule has 1 atom stereocenters. The lowest BCUT2D eigenvalue weighted by atomic mass is 10.1. The number of aryl methyl sites for hydroxylation is 1. The molecule has 0 saturated carbocycles. The molecule has 0 aliphatic carbocycles. The van der Waals surface area contributed by atoms with E-state index in [4.69, 9.17) is 9.47 Å². The highest BCUT2D eigenvalue weighted by Crippen LogP contribution is 2.18. The molecule has 1 amide bonds. The maximum atomic E-state index is 12.3. The van der Waals surface area contributed by atoms with Crippen LogP contribution in [-0.4, -0.2) is 65.2 Å². The van der Waals surface area contributed by atoms with E-state index in [9.17, 15) is 9.59 Å². The maximum Gasteiger partial charge on any atom is 0.410 e. The number of nitrogens with zero attached hydrogens (tertiary/aromatic N) is 3. The van der Waals surface area contributed by atoms with Crippen LogP contribution in [0.2, 0.25) is 0 Å². The van der Waals surface area contributed by atoms with E-state index in [1.54, 1.807) is 4.90 Å². The van der Waals surface area contributed by atoms with Gasteiger partial charge in [-0.2, -0.15) is 0 Å². The van der Waals surface area contributed by atoms with Gasteiger partial charge in [-0.1, -0.05) is 6.07 Å². The van der Waals surface area contributed by atoms with Crippen LogP contribution in [0.4, 0.5) is 4.79 Å². The van der Waals surface area contributed by atoms with E-state index in [2.05, 4.69) is 4.98 Å². The summed E-state index contributed by atoms with van der Waals surface area (Å²) >= 11 is 0. The normalized spacial score (nSPS) is 18.8. The first-order chi connectivity index (χ1) is 11.7. The molecular formula is C18H27N3O4. The first kappa shape index (κ1) is 19.2. The van der Waals surface area contributed by atoms with Crippen LogP contribution < -0.4 is 0 Å². The predicted molar refractivity (Wildman–Crippen MR) is 93.0 cm³/mol. The fourth-order valence-electron chi connectivity index (χ4n) is 2.69. The van der Waals surface area contributed by atoms with Gasteiger partial charge in [0, 0.05) is 31.5 Å². The smallest absolute Gasteiger partial charge is 0.410 e. The molecule has 0 unspecified atom stereocenters. The largest absolute Gasteiger partial charge is 0.468 e. The third kappa shape index (κ3) is 5.42. The van der Waals surface area contributed by atoms with Gasteiger partial charge in [0.2, 0.25) is 0 Å². The lowest BCUT2D eigenvalue weighted by molar-refractivity contribution is -0.149. The maximum absolute atomic E-state index is 12.3. The van der Waals surface area contributed by atoms with Crippen LogP contribution in [0.3, 0.4) is 0 Å². The number of amides is 1. The van der Waals surface area contributed by atoms with Crippen LogP contribution >= 0.6 is 0 Å².